The molecule has 2 heterocycles. The molecule has 2 aromatic rings. The number of piperazine rings is 1. The summed E-state index contributed by atoms with van der Waals surface area (Å²) in [4.78, 5) is 30.4. The van der Waals surface area contributed by atoms with Gasteiger partial charge in [0.25, 0.3) is 5.69 Å². The first-order valence-electron chi connectivity index (χ1n) is 10.6. The third-order valence-electron chi connectivity index (χ3n) is 6.09. The van der Waals surface area contributed by atoms with Crippen LogP contribution in [0, 0.1) is 10.1 Å². The summed E-state index contributed by atoms with van der Waals surface area (Å²) in [5.74, 6) is 0.249. The van der Waals surface area contributed by atoms with Crippen molar-refractivity contribution in [3.8, 4) is 0 Å². The van der Waals surface area contributed by atoms with Crippen LogP contribution in [0.5, 0.6) is 0 Å². The summed E-state index contributed by atoms with van der Waals surface area (Å²) in [6.45, 7) is 5.47. The number of nitro groups is 1. The monoisotopic (exact) mass is 408 g/mol. The smallest absolute Gasteiger partial charge is 0.269 e. The Morgan fingerprint density at radius 1 is 0.933 bits per heavy atom. The topological polar surface area (TPSA) is 69.9 Å². The number of hydrogen-bond acceptors (Lipinski definition) is 5. The molecule has 0 aromatic heterocycles. The Bertz CT molecular complexity index is 881. The molecule has 7 nitrogen and oxygen atoms in total. The number of benzene rings is 2. The molecule has 0 saturated carbocycles. The molecule has 2 aliphatic rings. The Hall–Kier alpha value is -2.77. The molecule has 0 radical (unpaired) electrons. The van der Waals surface area contributed by atoms with Crippen LogP contribution >= 0.6 is 0 Å². The Morgan fingerprint density at radius 2 is 1.67 bits per heavy atom. The van der Waals surface area contributed by atoms with E-state index in [-0.39, 0.29) is 22.6 Å². The standard InChI is InChI=1S/C23H28N4O3/c28-23(22-10-5-11-26(22)18-19-6-2-1-3-7-19)25-14-12-24(13-15-25)17-20-8-4-9-21(16-20)27(29)30/h1-4,6-9,16,22H,5,10-15,17-18H2. The van der Waals surface area contributed by atoms with Gasteiger partial charge in [-0.05, 0) is 30.5 Å². The highest BCUT2D eigenvalue weighted by molar-refractivity contribution is 5.82. The van der Waals surface area contributed by atoms with E-state index < -0.39 is 0 Å². The fourth-order valence-corrected chi connectivity index (χ4v) is 4.48. The number of nitro benzene ring substituents is 1. The Balaban J connectivity index is 1.30. The SMILES string of the molecule is O=C(C1CCCN1Cc1ccccc1)N1CCN(Cc2cccc([N+](=O)[O-])c2)CC1. The Kier molecular flexibility index (Phi) is 6.40. The van der Waals surface area contributed by atoms with Crippen LogP contribution in [0.25, 0.3) is 0 Å². The number of rotatable bonds is 6. The quantitative estimate of drug-likeness (QED) is 0.543. The van der Waals surface area contributed by atoms with Crippen molar-refractivity contribution in [1.29, 1.82) is 0 Å². The summed E-state index contributed by atoms with van der Waals surface area (Å²) < 4.78 is 0. The molecule has 0 bridgehead atoms. The predicted octanol–water partition coefficient (Wildman–Crippen LogP) is 2.90. The van der Waals surface area contributed by atoms with Crippen LogP contribution in [0.4, 0.5) is 5.69 Å². The van der Waals surface area contributed by atoms with Crippen LogP contribution in [-0.4, -0.2) is 64.3 Å². The van der Waals surface area contributed by atoms with Crippen LogP contribution in [-0.2, 0) is 17.9 Å². The molecule has 7 heteroatoms. The number of nitrogens with zero attached hydrogens (tertiary/aromatic N) is 4. The molecule has 4 rings (SSSR count). The molecular formula is C23H28N4O3. The molecule has 1 amide bonds. The van der Waals surface area contributed by atoms with Crippen LogP contribution in [0.3, 0.4) is 0 Å². The molecule has 1 atom stereocenters. The van der Waals surface area contributed by atoms with Gasteiger partial charge in [0.05, 0.1) is 11.0 Å². The molecule has 2 aliphatic heterocycles. The van der Waals surface area contributed by atoms with E-state index in [2.05, 4.69) is 21.9 Å². The van der Waals surface area contributed by atoms with Crippen molar-refractivity contribution in [2.45, 2.75) is 32.0 Å². The molecule has 0 N–H and O–H groups in total. The summed E-state index contributed by atoms with van der Waals surface area (Å²) in [5, 5.41) is 11.0. The van der Waals surface area contributed by atoms with Crippen molar-refractivity contribution in [1.82, 2.24) is 14.7 Å². The minimum absolute atomic E-state index is 0.0199. The molecule has 2 saturated heterocycles. The maximum Gasteiger partial charge on any atom is 0.269 e. The largest absolute Gasteiger partial charge is 0.339 e. The van der Waals surface area contributed by atoms with Crippen LogP contribution in [0.2, 0.25) is 0 Å². The lowest BCUT2D eigenvalue weighted by Crippen LogP contribution is -2.53. The van der Waals surface area contributed by atoms with Gasteiger partial charge in [-0.1, -0.05) is 42.5 Å². The van der Waals surface area contributed by atoms with E-state index in [1.807, 2.05) is 29.2 Å². The highest BCUT2D eigenvalue weighted by Gasteiger charge is 2.34. The van der Waals surface area contributed by atoms with Crippen molar-refractivity contribution in [3.63, 3.8) is 0 Å². The molecule has 2 aromatic carbocycles. The maximum atomic E-state index is 13.2. The molecule has 0 aliphatic carbocycles. The first kappa shape index (κ1) is 20.5. The lowest BCUT2D eigenvalue weighted by Gasteiger charge is -2.37. The second-order valence-electron chi connectivity index (χ2n) is 8.14. The molecule has 2 fully saturated rings. The number of hydrogen-bond donors (Lipinski definition) is 0. The van der Waals surface area contributed by atoms with E-state index in [9.17, 15) is 14.9 Å². The molecule has 30 heavy (non-hydrogen) atoms. The zero-order valence-corrected chi connectivity index (χ0v) is 17.2. The van der Waals surface area contributed by atoms with Gasteiger partial charge >= 0.3 is 0 Å². The number of non-ortho nitro benzene ring substituents is 1. The minimum atomic E-state index is -0.358. The highest BCUT2D eigenvalue weighted by Crippen LogP contribution is 2.23. The lowest BCUT2D eigenvalue weighted by molar-refractivity contribution is -0.384. The number of amides is 1. The van der Waals surface area contributed by atoms with Crippen molar-refractivity contribution in [2.24, 2.45) is 0 Å². The van der Waals surface area contributed by atoms with Gasteiger partial charge in [0, 0.05) is 51.4 Å². The van der Waals surface area contributed by atoms with Gasteiger partial charge in [0.1, 0.15) is 0 Å². The second kappa shape index (κ2) is 9.36. The number of likely N-dealkylation sites (tertiary alicyclic amines) is 1. The van der Waals surface area contributed by atoms with E-state index in [1.165, 1.54) is 11.6 Å². The van der Waals surface area contributed by atoms with Crippen LogP contribution < -0.4 is 0 Å². The summed E-state index contributed by atoms with van der Waals surface area (Å²) in [7, 11) is 0. The Morgan fingerprint density at radius 3 is 2.40 bits per heavy atom. The predicted molar refractivity (Wildman–Crippen MR) is 115 cm³/mol. The minimum Gasteiger partial charge on any atom is -0.339 e. The average Bonchev–Trinajstić information content (AvgIpc) is 3.23. The van der Waals surface area contributed by atoms with E-state index in [1.54, 1.807) is 12.1 Å². The second-order valence-corrected chi connectivity index (χ2v) is 8.14. The van der Waals surface area contributed by atoms with E-state index in [0.717, 1.165) is 44.6 Å². The van der Waals surface area contributed by atoms with E-state index in [4.69, 9.17) is 0 Å². The lowest BCUT2D eigenvalue weighted by atomic mass is 10.1. The van der Waals surface area contributed by atoms with Gasteiger partial charge in [0.15, 0.2) is 0 Å². The van der Waals surface area contributed by atoms with Gasteiger partial charge in [-0.15, -0.1) is 0 Å². The van der Waals surface area contributed by atoms with Gasteiger partial charge in [0.2, 0.25) is 5.91 Å². The fraction of sp³-hybridized carbons (Fsp3) is 0.435. The van der Waals surface area contributed by atoms with E-state index in [0.29, 0.717) is 19.6 Å². The first-order valence-corrected chi connectivity index (χ1v) is 10.6. The van der Waals surface area contributed by atoms with Gasteiger partial charge in [-0.3, -0.25) is 24.7 Å². The van der Waals surface area contributed by atoms with Crippen molar-refractivity contribution in [2.75, 3.05) is 32.7 Å². The van der Waals surface area contributed by atoms with Crippen LogP contribution in [0.1, 0.15) is 24.0 Å². The molecular weight excluding hydrogens is 380 g/mol. The summed E-state index contributed by atoms with van der Waals surface area (Å²) >= 11 is 0. The summed E-state index contributed by atoms with van der Waals surface area (Å²) in [5.41, 5.74) is 2.31. The zero-order valence-electron chi connectivity index (χ0n) is 17.2. The highest BCUT2D eigenvalue weighted by atomic mass is 16.6. The van der Waals surface area contributed by atoms with Gasteiger partial charge in [-0.2, -0.15) is 0 Å². The van der Waals surface area contributed by atoms with Gasteiger partial charge < -0.3 is 4.90 Å². The molecule has 0 spiro atoms. The van der Waals surface area contributed by atoms with E-state index >= 15 is 0 Å². The number of carbonyl (C=O) groups is 1. The zero-order chi connectivity index (χ0) is 20.9. The summed E-state index contributed by atoms with van der Waals surface area (Å²) in [6, 6.07) is 17.1. The number of carbonyl (C=O) groups excluding carboxylic acids is 1. The third kappa shape index (κ3) is 4.86. The first-order chi connectivity index (χ1) is 14.6. The van der Waals surface area contributed by atoms with Gasteiger partial charge in [-0.25, -0.2) is 0 Å². The van der Waals surface area contributed by atoms with Crippen molar-refractivity contribution < 1.29 is 9.72 Å². The fourth-order valence-electron chi connectivity index (χ4n) is 4.48. The third-order valence-corrected chi connectivity index (χ3v) is 6.09. The molecule has 158 valence electrons. The normalized spacial score (nSPS) is 20.4. The van der Waals surface area contributed by atoms with Crippen LogP contribution in [0.15, 0.2) is 54.6 Å². The van der Waals surface area contributed by atoms with Crippen molar-refractivity contribution >= 4 is 11.6 Å². The molecule has 1 unspecified atom stereocenters. The summed E-state index contributed by atoms with van der Waals surface area (Å²) in [6.07, 6.45) is 2.00. The van der Waals surface area contributed by atoms with Crippen molar-refractivity contribution in [3.05, 3.63) is 75.8 Å². The maximum absolute atomic E-state index is 13.2. The Labute approximate surface area is 177 Å². The average molecular weight is 409 g/mol.